The van der Waals surface area contributed by atoms with Gasteiger partial charge < -0.3 is 14.8 Å². The molecular formula is C20H26N4O2S. The van der Waals surface area contributed by atoms with Crippen LogP contribution in [0.15, 0.2) is 43.4 Å². The van der Waals surface area contributed by atoms with Gasteiger partial charge in [-0.3, -0.25) is 0 Å². The minimum Gasteiger partial charge on any atom is -0.367 e. The molecule has 2 aromatic rings. The van der Waals surface area contributed by atoms with Gasteiger partial charge in [0.2, 0.25) is 0 Å². The van der Waals surface area contributed by atoms with E-state index in [2.05, 4.69) is 44.5 Å². The first-order chi connectivity index (χ1) is 13.1. The molecule has 144 valence electrons. The summed E-state index contributed by atoms with van der Waals surface area (Å²) < 4.78 is 25.3. The molecular weight excluding hydrogens is 360 g/mol. The second-order valence-corrected chi connectivity index (χ2v) is 9.58. The molecule has 1 saturated heterocycles. The molecule has 1 fully saturated rings. The van der Waals surface area contributed by atoms with Crippen molar-refractivity contribution in [3.05, 3.63) is 48.9 Å². The lowest BCUT2D eigenvalue weighted by Crippen LogP contribution is -2.32. The van der Waals surface area contributed by atoms with Crippen LogP contribution in [0.25, 0.3) is 11.3 Å². The lowest BCUT2D eigenvalue weighted by molar-refractivity contribution is 0.521. The van der Waals surface area contributed by atoms with Crippen LogP contribution in [0.4, 0.5) is 5.69 Å². The third kappa shape index (κ3) is 3.94. The van der Waals surface area contributed by atoms with Crippen molar-refractivity contribution in [3.63, 3.8) is 0 Å². The highest BCUT2D eigenvalue weighted by Gasteiger charge is 2.27. The first kappa shape index (κ1) is 18.3. The fraction of sp³-hybridized carbons (Fsp3) is 0.450. The van der Waals surface area contributed by atoms with Crippen molar-refractivity contribution in [1.29, 1.82) is 0 Å². The molecule has 2 aliphatic heterocycles. The SMILES string of the molecule is C=CCN1CCc2cc(-c3cncn3CCN[C@@H]3CCS(=O)(=O)C3)ccc21. The quantitative estimate of drug-likeness (QED) is 0.736. The summed E-state index contributed by atoms with van der Waals surface area (Å²) in [5.74, 6) is 0.564. The third-order valence-corrected chi connectivity index (χ3v) is 7.21. The Balaban J connectivity index is 1.42. The zero-order valence-electron chi connectivity index (χ0n) is 15.5. The number of rotatable bonds is 7. The topological polar surface area (TPSA) is 67.2 Å². The molecule has 27 heavy (non-hydrogen) atoms. The van der Waals surface area contributed by atoms with E-state index in [9.17, 15) is 8.42 Å². The fourth-order valence-electron chi connectivity index (χ4n) is 4.06. The van der Waals surface area contributed by atoms with Gasteiger partial charge in [-0.1, -0.05) is 12.1 Å². The molecule has 0 amide bonds. The Morgan fingerprint density at radius 2 is 2.26 bits per heavy atom. The molecule has 1 N–H and O–H groups in total. The van der Waals surface area contributed by atoms with Gasteiger partial charge >= 0.3 is 0 Å². The van der Waals surface area contributed by atoms with Crippen LogP contribution in [-0.4, -0.2) is 55.2 Å². The predicted molar refractivity (Wildman–Crippen MR) is 109 cm³/mol. The van der Waals surface area contributed by atoms with Gasteiger partial charge in [-0.05, 0) is 30.5 Å². The largest absolute Gasteiger partial charge is 0.367 e. The van der Waals surface area contributed by atoms with Crippen molar-refractivity contribution >= 4 is 15.5 Å². The molecule has 0 spiro atoms. The monoisotopic (exact) mass is 386 g/mol. The Kier molecular flexibility index (Phi) is 5.06. The van der Waals surface area contributed by atoms with Crippen LogP contribution in [-0.2, 0) is 22.8 Å². The van der Waals surface area contributed by atoms with Gasteiger partial charge in [0.05, 0.1) is 29.7 Å². The number of nitrogens with zero attached hydrogens (tertiary/aromatic N) is 3. The normalized spacial score (nSPS) is 20.7. The zero-order chi connectivity index (χ0) is 18.9. The molecule has 0 saturated carbocycles. The average Bonchev–Trinajstić information content (AvgIpc) is 3.34. The molecule has 1 aromatic carbocycles. The zero-order valence-corrected chi connectivity index (χ0v) is 16.3. The van der Waals surface area contributed by atoms with Crippen LogP contribution in [0.3, 0.4) is 0 Å². The number of anilines is 1. The van der Waals surface area contributed by atoms with E-state index in [1.807, 2.05) is 18.6 Å². The van der Waals surface area contributed by atoms with Gasteiger partial charge in [0.25, 0.3) is 0 Å². The number of sulfone groups is 1. The van der Waals surface area contributed by atoms with Crippen molar-refractivity contribution in [1.82, 2.24) is 14.9 Å². The summed E-state index contributed by atoms with van der Waals surface area (Å²) in [4.78, 5) is 6.68. The highest BCUT2D eigenvalue weighted by Crippen LogP contribution is 2.32. The van der Waals surface area contributed by atoms with E-state index >= 15 is 0 Å². The maximum absolute atomic E-state index is 11.6. The van der Waals surface area contributed by atoms with E-state index in [0.717, 1.165) is 38.3 Å². The third-order valence-electron chi connectivity index (χ3n) is 5.45. The van der Waals surface area contributed by atoms with E-state index in [-0.39, 0.29) is 11.8 Å². The van der Waals surface area contributed by atoms with Crippen molar-refractivity contribution in [2.24, 2.45) is 0 Å². The van der Waals surface area contributed by atoms with E-state index in [1.54, 1.807) is 0 Å². The highest BCUT2D eigenvalue weighted by atomic mass is 32.2. The standard InChI is InChI=1S/C20H26N4O2S/c1-2-8-23-9-5-17-12-16(3-4-19(17)23)20-13-21-15-24(20)10-7-22-18-6-11-27(25,26)14-18/h2-4,12-13,15,18,22H,1,5-11,14H2/t18-/m1/s1. The van der Waals surface area contributed by atoms with Crippen molar-refractivity contribution in [2.45, 2.75) is 25.4 Å². The molecule has 3 heterocycles. The predicted octanol–water partition coefficient (Wildman–Crippen LogP) is 1.88. The molecule has 1 aromatic heterocycles. The Morgan fingerprint density at radius 3 is 3.04 bits per heavy atom. The van der Waals surface area contributed by atoms with Crippen LogP contribution in [0, 0.1) is 0 Å². The number of aromatic nitrogens is 2. The summed E-state index contributed by atoms with van der Waals surface area (Å²) in [6, 6.07) is 6.70. The van der Waals surface area contributed by atoms with Gasteiger partial charge in [0.15, 0.2) is 9.84 Å². The average molecular weight is 387 g/mol. The number of fused-ring (bicyclic) bond motifs is 1. The number of hydrogen-bond acceptors (Lipinski definition) is 5. The molecule has 1 atom stereocenters. The minimum atomic E-state index is -2.84. The van der Waals surface area contributed by atoms with Gasteiger partial charge in [0, 0.05) is 43.5 Å². The summed E-state index contributed by atoms with van der Waals surface area (Å²) in [6.45, 7) is 7.27. The van der Waals surface area contributed by atoms with Crippen LogP contribution < -0.4 is 10.2 Å². The molecule has 7 heteroatoms. The Labute approximate surface area is 160 Å². The van der Waals surface area contributed by atoms with E-state index in [4.69, 9.17) is 0 Å². The number of nitrogens with one attached hydrogen (secondary N) is 1. The van der Waals surface area contributed by atoms with Gasteiger partial charge in [0.1, 0.15) is 0 Å². The number of hydrogen-bond donors (Lipinski definition) is 1. The van der Waals surface area contributed by atoms with Crippen LogP contribution in [0.2, 0.25) is 0 Å². The fourth-order valence-corrected chi connectivity index (χ4v) is 5.77. The van der Waals surface area contributed by atoms with Crippen LogP contribution >= 0.6 is 0 Å². The Morgan fingerprint density at radius 1 is 1.37 bits per heavy atom. The smallest absolute Gasteiger partial charge is 0.151 e. The Hall–Kier alpha value is -2.12. The highest BCUT2D eigenvalue weighted by molar-refractivity contribution is 7.91. The molecule has 0 bridgehead atoms. The maximum Gasteiger partial charge on any atom is 0.151 e. The second kappa shape index (κ2) is 7.48. The summed E-state index contributed by atoms with van der Waals surface area (Å²) >= 11 is 0. The maximum atomic E-state index is 11.6. The second-order valence-electron chi connectivity index (χ2n) is 7.35. The Bertz CT molecular complexity index is 935. The minimum absolute atomic E-state index is 0.0813. The van der Waals surface area contributed by atoms with E-state index in [1.165, 1.54) is 16.8 Å². The van der Waals surface area contributed by atoms with Crippen molar-refractivity contribution in [2.75, 3.05) is 36.0 Å². The molecule has 0 radical (unpaired) electrons. The first-order valence-electron chi connectivity index (χ1n) is 9.49. The van der Waals surface area contributed by atoms with Crippen LogP contribution in [0.5, 0.6) is 0 Å². The number of benzene rings is 1. The van der Waals surface area contributed by atoms with Crippen LogP contribution in [0.1, 0.15) is 12.0 Å². The summed E-state index contributed by atoms with van der Waals surface area (Å²) in [5.41, 5.74) is 4.95. The lowest BCUT2D eigenvalue weighted by atomic mass is 10.1. The van der Waals surface area contributed by atoms with Gasteiger partial charge in [-0.25, -0.2) is 13.4 Å². The van der Waals surface area contributed by atoms with Gasteiger partial charge in [-0.2, -0.15) is 0 Å². The molecule has 0 aliphatic carbocycles. The van der Waals surface area contributed by atoms with Crippen molar-refractivity contribution in [3.8, 4) is 11.3 Å². The number of imidazole rings is 1. The summed E-state index contributed by atoms with van der Waals surface area (Å²) in [5, 5.41) is 3.37. The van der Waals surface area contributed by atoms with E-state index in [0.29, 0.717) is 12.2 Å². The molecule has 4 rings (SSSR count). The van der Waals surface area contributed by atoms with E-state index < -0.39 is 9.84 Å². The summed E-state index contributed by atoms with van der Waals surface area (Å²) in [6.07, 6.45) is 7.46. The lowest BCUT2D eigenvalue weighted by Gasteiger charge is -2.17. The van der Waals surface area contributed by atoms with Gasteiger partial charge in [-0.15, -0.1) is 6.58 Å². The molecule has 6 nitrogen and oxygen atoms in total. The first-order valence-corrected chi connectivity index (χ1v) is 11.3. The molecule has 2 aliphatic rings. The van der Waals surface area contributed by atoms with Crippen molar-refractivity contribution < 1.29 is 8.42 Å². The summed E-state index contributed by atoms with van der Waals surface area (Å²) in [7, 11) is -2.84. The molecule has 0 unspecified atom stereocenters.